The molecule has 0 saturated carbocycles. The lowest BCUT2D eigenvalue weighted by Crippen LogP contribution is -2.57. The van der Waals surface area contributed by atoms with Gasteiger partial charge in [-0.3, -0.25) is 16.2 Å². The van der Waals surface area contributed by atoms with Crippen molar-refractivity contribution in [2.24, 2.45) is 5.84 Å². The second-order valence-corrected chi connectivity index (χ2v) is 4.75. The molecular weight excluding hydrogens is 238 g/mol. The first-order valence-corrected chi connectivity index (χ1v) is 7.16. The van der Waals surface area contributed by atoms with Gasteiger partial charge in [-0.2, -0.15) is 0 Å². The molecule has 5 nitrogen and oxygen atoms in total. The van der Waals surface area contributed by atoms with Gasteiger partial charge in [0.15, 0.2) is 0 Å². The molecule has 0 fully saturated rings. The molecular formula is C14H27N5. The van der Waals surface area contributed by atoms with Crippen molar-refractivity contribution in [1.29, 1.82) is 0 Å². The fraction of sp³-hybridized carbons (Fsp3) is 0.714. The lowest BCUT2D eigenvalue weighted by molar-refractivity contribution is 0.0484. The monoisotopic (exact) mass is 265 g/mol. The number of likely N-dealkylation sites (N-methyl/N-ethyl adjacent to an activating group) is 1. The third kappa shape index (κ3) is 3.11. The number of hydrogen-bond donors (Lipinski definition) is 2. The average molecular weight is 265 g/mol. The second-order valence-electron chi connectivity index (χ2n) is 4.75. The third-order valence-electron chi connectivity index (χ3n) is 4.24. The summed E-state index contributed by atoms with van der Waals surface area (Å²) in [5, 5.41) is 0. The molecule has 1 heterocycles. The molecule has 1 aromatic rings. The SMILES string of the molecule is CCN(CC)C(CC)(CC)C(NN)c1cncnc1. The van der Waals surface area contributed by atoms with Gasteiger partial charge < -0.3 is 0 Å². The predicted molar refractivity (Wildman–Crippen MR) is 78.3 cm³/mol. The van der Waals surface area contributed by atoms with Crippen LogP contribution in [0.4, 0.5) is 0 Å². The highest BCUT2D eigenvalue weighted by Crippen LogP contribution is 2.36. The van der Waals surface area contributed by atoms with Crippen molar-refractivity contribution >= 4 is 0 Å². The Kier molecular flexibility index (Phi) is 6.34. The maximum atomic E-state index is 5.86. The number of rotatable bonds is 8. The van der Waals surface area contributed by atoms with Crippen LogP contribution in [0.25, 0.3) is 0 Å². The van der Waals surface area contributed by atoms with E-state index >= 15 is 0 Å². The Morgan fingerprint density at radius 2 is 1.68 bits per heavy atom. The minimum Gasteiger partial charge on any atom is -0.296 e. The van der Waals surface area contributed by atoms with E-state index in [1.807, 2.05) is 12.4 Å². The molecule has 1 unspecified atom stereocenters. The van der Waals surface area contributed by atoms with Gasteiger partial charge >= 0.3 is 0 Å². The van der Waals surface area contributed by atoms with E-state index in [4.69, 9.17) is 5.84 Å². The van der Waals surface area contributed by atoms with Crippen molar-refractivity contribution in [1.82, 2.24) is 20.3 Å². The van der Waals surface area contributed by atoms with Gasteiger partial charge in [0.1, 0.15) is 6.33 Å². The van der Waals surface area contributed by atoms with Crippen LogP contribution in [0.15, 0.2) is 18.7 Å². The highest BCUT2D eigenvalue weighted by atomic mass is 15.3. The molecule has 5 heteroatoms. The largest absolute Gasteiger partial charge is 0.296 e. The molecule has 0 aliphatic rings. The summed E-state index contributed by atoms with van der Waals surface area (Å²) in [7, 11) is 0. The van der Waals surface area contributed by atoms with Crippen LogP contribution in [0, 0.1) is 0 Å². The van der Waals surface area contributed by atoms with Crippen molar-refractivity contribution in [3.8, 4) is 0 Å². The van der Waals surface area contributed by atoms with E-state index in [2.05, 4.69) is 48.0 Å². The van der Waals surface area contributed by atoms with Crippen molar-refractivity contribution in [3.63, 3.8) is 0 Å². The lowest BCUT2D eigenvalue weighted by atomic mass is 9.80. The summed E-state index contributed by atoms with van der Waals surface area (Å²) < 4.78 is 0. The van der Waals surface area contributed by atoms with Crippen LogP contribution < -0.4 is 11.3 Å². The standard InChI is InChI=1S/C14H27N5/c1-5-14(6-2,19(7-3)8-4)13(18-15)12-9-16-11-17-10-12/h9-11,13,18H,5-8,15H2,1-4H3. The normalized spacial score (nSPS) is 13.8. The molecule has 0 amide bonds. The zero-order valence-electron chi connectivity index (χ0n) is 12.6. The number of nitrogens with two attached hydrogens (primary N) is 1. The van der Waals surface area contributed by atoms with E-state index in [1.54, 1.807) is 6.33 Å². The molecule has 0 aliphatic carbocycles. The number of hydrazine groups is 1. The predicted octanol–water partition coefficient (Wildman–Crippen LogP) is 1.88. The van der Waals surface area contributed by atoms with Gasteiger partial charge in [-0.15, -0.1) is 0 Å². The van der Waals surface area contributed by atoms with Gasteiger partial charge in [-0.25, -0.2) is 9.97 Å². The van der Waals surface area contributed by atoms with E-state index in [0.29, 0.717) is 0 Å². The third-order valence-corrected chi connectivity index (χ3v) is 4.24. The van der Waals surface area contributed by atoms with Crippen LogP contribution >= 0.6 is 0 Å². The molecule has 3 N–H and O–H groups in total. The minimum absolute atomic E-state index is 0.0109. The van der Waals surface area contributed by atoms with E-state index in [0.717, 1.165) is 31.5 Å². The van der Waals surface area contributed by atoms with Gasteiger partial charge in [0.05, 0.1) is 6.04 Å². The highest BCUT2D eigenvalue weighted by Gasteiger charge is 2.40. The Labute approximate surface area is 116 Å². The van der Waals surface area contributed by atoms with Crippen molar-refractivity contribution < 1.29 is 0 Å². The lowest BCUT2D eigenvalue weighted by Gasteiger charge is -2.47. The Balaban J connectivity index is 3.21. The maximum absolute atomic E-state index is 5.86. The Morgan fingerprint density at radius 1 is 1.16 bits per heavy atom. The molecule has 1 aromatic heterocycles. The highest BCUT2D eigenvalue weighted by molar-refractivity contribution is 5.17. The smallest absolute Gasteiger partial charge is 0.115 e. The van der Waals surface area contributed by atoms with Crippen molar-refractivity contribution in [2.75, 3.05) is 13.1 Å². The zero-order valence-corrected chi connectivity index (χ0v) is 12.6. The summed E-state index contributed by atoms with van der Waals surface area (Å²) in [4.78, 5) is 10.7. The molecule has 0 bridgehead atoms. The van der Waals surface area contributed by atoms with E-state index < -0.39 is 0 Å². The van der Waals surface area contributed by atoms with Gasteiger partial charge in [-0.05, 0) is 25.9 Å². The summed E-state index contributed by atoms with van der Waals surface area (Å²) in [6, 6.07) is 0.0311. The molecule has 0 spiro atoms. The summed E-state index contributed by atoms with van der Waals surface area (Å²) >= 11 is 0. The zero-order chi connectivity index (χ0) is 14.3. The summed E-state index contributed by atoms with van der Waals surface area (Å²) in [6.07, 6.45) is 7.29. The molecule has 1 rings (SSSR count). The number of hydrogen-bond acceptors (Lipinski definition) is 5. The number of nitrogens with one attached hydrogen (secondary N) is 1. The minimum atomic E-state index is -0.0109. The quantitative estimate of drug-likeness (QED) is 0.555. The Morgan fingerprint density at radius 3 is 2.05 bits per heavy atom. The first-order chi connectivity index (χ1) is 9.19. The second kappa shape index (κ2) is 7.53. The van der Waals surface area contributed by atoms with Crippen molar-refractivity contribution in [2.45, 2.75) is 52.1 Å². The Hall–Kier alpha value is -1.04. The van der Waals surface area contributed by atoms with Gasteiger partial charge in [-0.1, -0.05) is 27.7 Å². The average Bonchev–Trinajstić information content (AvgIpc) is 2.48. The summed E-state index contributed by atoms with van der Waals surface area (Å²) in [5.41, 5.74) is 4.02. The van der Waals surface area contributed by atoms with E-state index in [1.165, 1.54) is 0 Å². The first-order valence-electron chi connectivity index (χ1n) is 7.16. The number of aromatic nitrogens is 2. The van der Waals surface area contributed by atoms with Crippen LogP contribution in [0.3, 0.4) is 0 Å². The van der Waals surface area contributed by atoms with Crippen LogP contribution in [-0.4, -0.2) is 33.5 Å². The fourth-order valence-corrected chi connectivity index (χ4v) is 3.16. The Bertz CT molecular complexity index is 346. The molecule has 19 heavy (non-hydrogen) atoms. The summed E-state index contributed by atoms with van der Waals surface area (Å²) in [6.45, 7) is 10.8. The van der Waals surface area contributed by atoms with Gasteiger partial charge in [0.2, 0.25) is 0 Å². The van der Waals surface area contributed by atoms with Crippen LogP contribution in [0.1, 0.15) is 52.1 Å². The molecule has 1 atom stereocenters. The van der Waals surface area contributed by atoms with Gasteiger partial charge in [0.25, 0.3) is 0 Å². The molecule has 0 saturated heterocycles. The number of nitrogens with zero attached hydrogens (tertiary/aromatic N) is 3. The van der Waals surface area contributed by atoms with Gasteiger partial charge in [0, 0.05) is 23.5 Å². The van der Waals surface area contributed by atoms with Crippen LogP contribution in [0.5, 0.6) is 0 Å². The molecule has 0 radical (unpaired) electrons. The fourth-order valence-electron chi connectivity index (χ4n) is 3.16. The van der Waals surface area contributed by atoms with Crippen molar-refractivity contribution in [3.05, 3.63) is 24.3 Å². The van der Waals surface area contributed by atoms with Crippen LogP contribution in [-0.2, 0) is 0 Å². The topological polar surface area (TPSA) is 67.1 Å². The maximum Gasteiger partial charge on any atom is 0.115 e. The molecule has 0 aliphatic heterocycles. The van der Waals surface area contributed by atoms with E-state index in [-0.39, 0.29) is 11.6 Å². The molecule has 108 valence electrons. The molecule has 0 aromatic carbocycles. The van der Waals surface area contributed by atoms with Crippen LogP contribution in [0.2, 0.25) is 0 Å². The summed E-state index contributed by atoms with van der Waals surface area (Å²) in [5.74, 6) is 5.86. The first kappa shape index (κ1) is 16.0. The van der Waals surface area contributed by atoms with E-state index in [9.17, 15) is 0 Å².